The van der Waals surface area contributed by atoms with Crippen molar-refractivity contribution in [1.82, 2.24) is 10.2 Å². The number of carbonyl (C=O) groups excluding carboxylic acids is 1. The van der Waals surface area contributed by atoms with E-state index >= 15 is 0 Å². The lowest BCUT2D eigenvalue weighted by atomic mass is 9.95. The van der Waals surface area contributed by atoms with Gasteiger partial charge in [0.25, 0.3) is 5.91 Å². The fourth-order valence-corrected chi connectivity index (χ4v) is 3.81. The highest BCUT2D eigenvalue weighted by Crippen LogP contribution is 2.34. The smallest absolute Gasteiger partial charge is 0.255 e. The molecule has 3 atom stereocenters. The SMILES string of the molecule is CC1C2CNCC2CN1C(=O)c1cc(Br)ccc1Cl. The number of halogens is 2. The Morgan fingerprint density at radius 1 is 1.47 bits per heavy atom. The number of nitrogens with zero attached hydrogens (tertiary/aromatic N) is 1. The van der Waals surface area contributed by atoms with Crippen molar-refractivity contribution in [2.75, 3.05) is 19.6 Å². The van der Waals surface area contributed by atoms with Crippen molar-refractivity contribution in [1.29, 1.82) is 0 Å². The molecule has 5 heteroatoms. The first-order chi connectivity index (χ1) is 9.08. The zero-order chi connectivity index (χ0) is 13.6. The summed E-state index contributed by atoms with van der Waals surface area (Å²) in [7, 11) is 0. The molecule has 3 rings (SSSR count). The second kappa shape index (κ2) is 5.08. The van der Waals surface area contributed by atoms with Crippen LogP contribution in [0.2, 0.25) is 5.02 Å². The largest absolute Gasteiger partial charge is 0.335 e. The van der Waals surface area contributed by atoms with Crippen LogP contribution in [0.4, 0.5) is 0 Å². The first kappa shape index (κ1) is 13.4. The van der Waals surface area contributed by atoms with Crippen molar-refractivity contribution in [2.24, 2.45) is 11.8 Å². The predicted octanol–water partition coefficient (Wildman–Crippen LogP) is 2.78. The number of hydrogen-bond acceptors (Lipinski definition) is 2. The van der Waals surface area contributed by atoms with E-state index in [1.54, 1.807) is 6.07 Å². The normalized spacial score (nSPS) is 29.6. The second-order valence-corrected chi connectivity index (χ2v) is 6.73. The van der Waals surface area contributed by atoms with Gasteiger partial charge in [0, 0.05) is 30.1 Å². The van der Waals surface area contributed by atoms with Gasteiger partial charge in [0.1, 0.15) is 0 Å². The minimum Gasteiger partial charge on any atom is -0.335 e. The molecule has 2 saturated heterocycles. The van der Waals surface area contributed by atoms with Gasteiger partial charge >= 0.3 is 0 Å². The van der Waals surface area contributed by atoms with Crippen LogP contribution in [0, 0.1) is 11.8 Å². The molecule has 0 aromatic heterocycles. The Hall–Kier alpha value is -0.580. The van der Waals surface area contributed by atoms with Crippen molar-refractivity contribution in [3.8, 4) is 0 Å². The zero-order valence-corrected chi connectivity index (χ0v) is 13.0. The molecular formula is C14H16BrClN2O. The molecule has 0 spiro atoms. The molecule has 19 heavy (non-hydrogen) atoms. The molecule has 1 N–H and O–H groups in total. The Bertz CT molecular complexity index is 522. The van der Waals surface area contributed by atoms with Crippen LogP contribution in [-0.4, -0.2) is 36.5 Å². The van der Waals surface area contributed by atoms with E-state index in [1.165, 1.54) is 0 Å². The zero-order valence-electron chi connectivity index (χ0n) is 10.7. The molecule has 2 fully saturated rings. The molecule has 0 radical (unpaired) electrons. The topological polar surface area (TPSA) is 32.3 Å². The van der Waals surface area contributed by atoms with Crippen molar-refractivity contribution in [3.05, 3.63) is 33.3 Å². The van der Waals surface area contributed by atoms with E-state index in [9.17, 15) is 4.79 Å². The van der Waals surface area contributed by atoms with Crippen LogP contribution in [0.3, 0.4) is 0 Å². The van der Waals surface area contributed by atoms with Gasteiger partial charge in [-0.25, -0.2) is 0 Å². The fraction of sp³-hybridized carbons (Fsp3) is 0.500. The van der Waals surface area contributed by atoms with Crippen LogP contribution in [0.15, 0.2) is 22.7 Å². The summed E-state index contributed by atoms with van der Waals surface area (Å²) in [6.45, 7) is 5.01. The van der Waals surface area contributed by atoms with Crippen LogP contribution in [-0.2, 0) is 0 Å². The first-order valence-electron chi connectivity index (χ1n) is 6.54. The summed E-state index contributed by atoms with van der Waals surface area (Å²) in [5.74, 6) is 1.22. The highest BCUT2D eigenvalue weighted by molar-refractivity contribution is 9.10. The number of hydrogen-bond donors (Lipinski definition) is 1. The minimum atomic E-state index is 0.0493. The average molecular weight is 344 g/mol. The Kier molecular flexibility index (Phi) is 3.58. The van der Waals surface area contributed by atoms with E-state index in [0.717, 1.165) is 24.1 Å². The molecule has 1 amide bonds. The monoisotopic (exact) mass is 342 g/mol. The van der Waals surface area contributed by atoms with Crippen LogP contribution in [0.1, 0.15) is 17.3 Å². The van der Waals surface area contributed by atoms with Gasteiger partial charge in [0.2, 0.25) is 0 Å². The summed E-state index contributed by atoms with van der Waals surface area (Å²) in [5.41, 5.74) is 0.593. The number of rotatable bonds is 1. The van der Waals surface area contributed by atoms with Gasteiger partial charge in [-0.2, -0.15) is 0 Å². The number of nitrogens with one attached hydrogen (secondary N) is 1. The van der Waals surface area contributed by atoms with E-state index in [1.807, 2.05) is 17.0 Å². The third-order valence-electron chi connectivity index (χ3n) is 4.35. The van der Waals surface area contributed by atoms with Crippen molar-refractivity contribution in [3.63, 3.8) is 0 Å². The molecular weight excluding hydrogens is 328 g/mol. The summed E-state index contributed by atoms with van der Waals surface area (Å²) in [6.07, 6.45) is 0. The van der Waals surface area contributed by atoms with Gasteiger partial charge in [-0.1, -0.05) is 27.5 Å². The highest BCUT2D eigenvalue weighted by Gasteiger charge is 2.44. The van der Waals surface area contributed by atoms with Crippen molar-refractivity contribution in [2.45, 2.75) is 13.0 Å². The van der Waals surface area contributed by atoms with Gasteiger partial charge in [-0.05, 0) is 37.0 Å². The first-order valence-corrected chi connectivity index (χ1v) is 7.71. The molecule has 3 nitrogen and oxygen atoms in total. The molecule has 2 aliphatic rings. The fourth-order valence-electron chi connectivity index (χ4n) is 3.25. The summed E-state index contributed by atoms with van der Waals surface area (Å²) in [6, 6.07) is 5.71. The van der Waals surface area contributed by atoms with Crippen LogP contribution >= 0.6 is 27.5 Å². The number of likely N-dealkylation sites (tertiary alicyclic amines) is 1. The maximum absolute atomic E-state index is 12.7. The highest BCUT2D eigenvalue weighted by atomic mass is 79.9. The average Bonchev–Trinajstić information content (AvgIpc) is 2.95. The van der Waals surface area contributed by atoms with Gasteiger partial charge in [0.05, 0.1) is 10.6 Å². The summed E-state index contributed by atoms with van der Waals surface area (Å²) in [5, 5.41) is 3.93. The third-order valence-corrected chi connectivity index (χ3v) is 5.18. The Labute approximate surface area is 126 Å². The van der Waals surface area contributed by atoms with E-state index in [4.69, 9.17) is 11.6 Å². The molecule has 0 saturated carbocycles. The third kappa shape index (κ3) is 2.30. The Morgan fingerprint density at radius 3 is 3.00 bits per heavy atom. The Morgan fingerprint density at radius 2 is 2.26 bits per heavy atom. The van der Waals surface area contributed by atoms with Gasteiger partial charge < -0.3 is 10.2 Å². The van der Waals surface area contributed by atoms with Crippen LogP contribution in [0.25, 0.3) is 0 Å². The maximum Gasteiger partial charge on any atom is 0.255 e. The number of amides is 1. The molecule has 102 valence electrons. The van der Waals surface area contributed by atoms with E-state index in [2.05, 4.69) is 28.2 Å². The molecule has 3 unspecified atom stereocenters. The van der Waals surface area contributed by atoms with Crippen LogP contribution in [0.5, 0.6) is 0 Å². The second-order valence-electron chi connectivity index (χ2n) is 5.40. The van der Waals surface area contributed by atoms with Gasteiger partial charge in [-0.15, -0.1) is 0 Å². The summed E-state index contributed by atoms with van der Waals surface area (Å²) < 4.78 is 0.883. The molecule has 1 aromatic rings. The van der Waals surface area contributed by atoms with Crippen molar-refractivity contribution < 1.29 is 4.79 Å². The van der Waals surface area contributed by atoms with E-state index in [0.29, 0.717) is 22.4 Å². The number of carbonyl (C=O) groups is 1. The standard InChI is InChI=1S/C14H16BrClN2O/c1-8-12-6-17-5-9(12)7-18(8)14(19)11-4-10(15)2-3-13(11)16/h2-4,8-9,12,17H,5-7H2,1H3. The molecule has 2 heterocycles. The molecule has 0 bridgehead atoms. The summed E-state index contributed by atoms with van der Waals surface area (Å²) >= 11 is 9.55. The van der Waals surface area contributed by atoms with Gasteiger partial charge in [-0.3, -0.25) is 4.79 Å². The van der Waals surface area contributed by atoms with Gasteiger partial charge in [0.15, 0.2) is 0 Å². The van der Waals surface area contributed by atoms with Crippen molar-refractivity contribution >= 4 is 33.4 Å². The molecule has 0 aliphatic carbocycles. The van der Waals surface area contributed by atoms with E-state index in [-0.39, 0.29) is 11.9 Å². The molecule has 1 aromatic carbocycles. The lowest BCUT2D eigenvalue weighted by Gasteiger charge is -2.25. The van der Waals surface area contributed by atoms with Crippen LogP contribution < -0.4 is 5.32 Å². The Balaban J connectivity index is 1.86. The quantitative estimate of drug-likeness (QED) is 0.850. The predicted molar refractivity (Wildman–Crippen MR) is 79.5 cm³/mol. The van der Waals surface area contributed by atoms with E-state index < -0.39 is 0 Å². The number of fused-ring (bicyclic) bond motifs is 1. The number of benzene rings is 1. The molecule has 2 aliphatic heterocycles. The maximum atomic E-state index is 12.7. The lowest BCUT2D eigenvalue weighted by molar-refractivity contribution is 0.0728. The lowest BCUT2D eigenvalue weighted by Crippen LogP contribution is -2.38. The minimum absolute atomic E-state index is 0.0493. The summed E-state index contributed by atoms with van der Waals surface area (Å²) in [4.78, 5) is 14.6.